The van der Waals surface area contributed by atoms with Gasteiger partial charge in [0.15, 0.2) is 5.13 Å². The van der Waals surface area contributed by atoms with E-state index in [1.165, 1.54) is 16.9 Å². The third-order valence-corrected chi connectivity index (χ3v) is 3.60. The fourth-order valence-electron chi connectivity index (χ4n) is 1.71. The fourth-order valence-corrected chi connectivity index (χ4v) is 2.38. The van der Waals surface area contributed by atoms with Gasteiger partial charge in [-0.25, -0.2) is 4.98 Å². The lowest BCUT2D eigenvalue weighted by molar-refractivity contribution is -0.117. The second-order valence-electron chi connectivity index (χ2n) is 4.40. The summed E-state index contributed by atoms with van der Waals surface area (Å²) >= 11 is 1.45. The Balaban J connectivity index is 1.82. The predicted octanol–water partition coefficient (Wildman–Crippen LogP) is 2.35. The minimum Gasteiger partial charge on any atom is -0.320 e. The third kappa shape index (κ3) is 4.15. The normalized spacial score (nSPS) is 12.1. The molecule has 4 nitrogen and oxygen atoms in total. The van der Waals surface area contributed by atoms with Gasteiger partial charge in [0.25, 0.3) is 0 Å². The monoisotopic (exact) mass is 275 g/mol. The molecular formula is C14H17N3OS. The smallest absolute Gasteiger partial charge is 0.243 e. The van der Waals surface area contributed by atoms with Gasteiger partial charge in [-0.1, -0.05) is 30.3 Å². The number of amides is 1. The zero-order valence-corrected chi connectivity index (χ0v) is 11.6. The first-order valence-corrected chi connectivity index (χ1v) is 6.99. The molecule has 0 aliphatic heterocycles. The first-order valence-electron chi connectivity index (χ1n) is 6.18. The van der Waals surface area contributed by atoms with Gasteiger partial charge in [-0.3, -0.25) is 4.79 Å². The van der Waals surface area contributed by atoms with Gasteiger partial charge in [-0.2, -0.15) is 0 Å². The summed E-state index contributed by atoms with van der Waals surface area (Å²) in [6.07, 6.45) is 3.16. The minimum atomic E-state index is -0.510. The highest BCUT2D eigenvalue weighted by atomic mass is 32.1. The van der Waals surface area contributed by atoms with E-state index in [4.69, 9.17) is 5.73 Å². The van der Waals surface area contributed by atoms with Gasteiger partial charge in [0, 0.05) is 11.1 Å². The second-order valence-corrected chi connectivity index (χ2v) is 5.63. The number of aryl methyl sites for hydroxylation is 2. The van der Waals surface area contributed by atoms with E-state index in [-0.39, 0.29) is 5.91 Å². The number of benzene rings is 1. The van der Waals surface area contributed by atoms with E-state index in [2.05, 4.69) is 10.3 Å². The molecule has 0 aliphatic rings. The van der Waals surface area contributed by atoms with Crippen LogP contribution in [0.2, 0.25) is 0 Å². The second kappa shape index (κ2) is 6.45. The van der Waals surface area contributed by atoms with Gasteiger partial charge in [0.1, 0.15) is 0 Å². The van der Waals surface area contributed by atoms with Crippen LogP contribution in [-0.2, 0) is 11.2 Å². The van der Waals surface area contributed by atoms with Crippen LogP contribution in [0.1, 0.15) is 16.9 Å². The number of carbonyl (C=O) groups excluding carboxylic acids is 1. The molecule has 0 bridgehead atoms. The van der Waals surface area contributed by atoms with Crippen molar-refractivity contribution in [3.63, 3.8) is 0 Å². The van der Waals surface area contributed by atoms with Crippen LogP contribution in [0.4, 0.5) is 5.13 Å². The summed E-state index contributed by atoms with van der Waals surface area (Å²) in [5.41, 5.74) is 7.08. The molecule has 1 aromatic carbocycles. The van der Waals surface area contributed by atoms with Gasteiger partial charge in [-0.05, 0) is 25.3 Å². The molecule has 0 radical (unpaired) electrons. The van der Waals surface area contributed by atoms with Crippen molar-refractivity contribution in [2.24, 2.45) is 5.73 Å². The van der Waals surface area contributed by atoms with Crippen molar-refractivity contribution < 1.29 is 4.79 Å². The number of thiazole rings is 1. The van der Waals surface area contributed by atoms with E-state index in [9.17, 15) is 4.79 Å². The minimum absolute atomic E-state index is 0.176. The number of nitrogens with zero attached hydrogens (tertiary/aromatic N) is 1. The molecule has 5 heteroatoms. The largest absolute Gasteiger partial charge is 0.320 e. The van der Waals surface area contributed by atoms with Crippen molar-refractivity contribution >= 4 is 22.4 Å². The molecule has 1 amide bonds. The molecule has 2 aromatic rings. The van der Waals surface area contributed by atoms with Gasteiger partial charge >= 0.3 is 0 Å². The Kier molecular flexibility index (Phi) is 4.65. The Morgan fingerprint density at radius 3 is 2.79 bits per heavy atom. The molecule has 0 saturated heterocycles. The third-order valence-electron chi connectivity index (χ3n) is 2.78. The van der Waals surface area contributed by atoms with Gasteiger partial charge in [-0.15, -0.1) is 11.3 Å². The summed E-state index contributed by atoms with van der Waals surface area (Å²) in [4.78, 5) is 17.0. The first-order chi connectivity index (χ1) is 9.15. The highest BCUT2D eigenvalue weighted by molar-refractivity contribution is 7.15. The standard InChI is InChI=1S/C14H17N3OS/c1-10-9-16-14(19-10)17-13(18)12(15)8-7-11-5-3-2-4-6-11/h2-6,9,12H,7-8,15H2,1H3,(H,16,17,18). The summed E-state index contributed by atoms with van der Waals surface area (Å²) in [6, 6.07) is 9.51. The zero-order valence-electron chi connectivity index (χ0n) is 10.8. The summed E-state index contributed by atoms with van der Waals surface area (Å²) in [6.45, 7) is 1.95. The van der Waals surface area contributed by atoms with Crippen LogP contribution in [0.5, 0.6) is 0 Å². The molecule has 1 atom stereocenters. The first kappa shape index (κ1) is 13.7. The summed E-state index contributed by atoms with van der Waals surface area (Å²) in [5, 5.41) is 3.35. The number of anilines is 1. The van der Waals surface area contributed by atoms with Crippen LogP contribution in [0.25, 0.3) is 0 Å². The van der Waals surface area contributed by atoms with Crippen LogP contribution in [-0.4, -0.2) is 16.9 Å². The predicted molar refractivity (Wildman–Crippen MR) is 78.2 cm³/mol. The van der Waals surface area contributed by atoms with Crippen LogP contribution in [0.3, 0.4) is 0 Å². The number of hydrogen-bond donors (Lipinski definition) is 2. The number of hydrogen-bond acceptors (Lipinski definition) is 4. The molecule has 1 aromatic heterocycles. The average Bonchev–Trinajstić information content (AvgIpc) is 2.82. The Hall–Kier alpha value is -1.72. The Bertz CT molecular complexity index is 539. The lowest BCUT2D eigenvalue weighted by Crippen LogP contribution is -2.35. The van der Waals surface area contributed by atoms with E-state index < -0.39 is 6.04 Å². The molecule has 0 fully saturated rings. The lowest BCUT2D eigenvalue weighted by atomic mass is 10.1. The molecule has 0 saturated carbocycles. The molecule has 3 N–H and O–H groups in total. The van der Waals surface area contributed by atoms with Crippen LogP contribution >= 0.6 is 11.3 Å². The number of rotatable bonds is 5. The maximum atomic E-state index is 11.9. The Morgan fingerprint density at radius 2 is 2.16 bits per heavy atom. The van der Waals surface area contributed by atoms with Crippen molar-refractivity contribution in [1.82, 2.24) is 4.98 Å². The SMILES string of the molecule is Cc1cnc(NC(=O)C(N)CCc2ccccc2)s1. The maximum absolute atomic E-state index is 11.9. The van der Waals surface area contributed by atoms with Crippen LogP contribution in [0, 0.1) is 6.92 Å². The molecule has 1 heterocycles. The lowest BCUT2D eigenvalue weighted by Gasteiger charge is -2.10. The van der Waals surface area contributed by atoms with Crippen molar-refractivity contribution in [2.45, 2.75) is 25.8 Å². The van der Waals surface area contributed by atoms with Crippen molar-refractivity contribution in [2.75, 3.05) is 5.32 Å². The van der Waals surface area contributed by atoms with Crippen molar-refractivity contribution in [3.05, 3.63) is 47.0 Å². The molecular weight excluding hydrogens is 258 g/mol. The molecule has 0 spiro atoms. The summed E-state index contributed by atoms with van der Waals surface area (Å²) < 4.78 is 0. The summed E-state index contributed by atoms with van der Waals surface area (Å²) in [7, 11) is 0. The zero-order chi connectivity index (χ0) is 13.7. The highest BCUT2D eigenvalue weighted by Crippen LogP contribution is 2.16. The summed E-state index contributed by atoms with van der Waals surface area (Å²) in [5.74, 6) is -0.176. The number of nitrogens with two attached hydrogens (primary N) is 1. The van der Waals surface area contributed by atoms with E-state index in [1.807, 2.05) is 37.3 Å². The molecule has 19 heavy (non-hydrogen) atoms. The molecule has 1 unspecified atom stereocenters. The fraction of sp³-hybridized carbons (Fsp3) is 0.286. The van der Waals surface area contributed by atoms with Gasteiger partial charge < -0.3 is 11.1 Å². The number of carbonyl (C=O) groups is 1. The Morgan fingerprint density at radius 1 is 1.42 bits per heavy atom. The van der Waals surface area contributed by atoms with E-state index in [0.717, 1.165) is 11.3 Å². The highest BCUT2D eigenvalue weighted by Gasteiger charge is 2.14. The number of nitrogens with one attached hydrogen (secondary N) is 1. The van der Waals surface area contributed by atoms with Crippen LogP contribution in [0.15, 0.2) is 36.5 Å². The Labute approximate surface area is 116 Å². The number of aromatic nitrogens is 1. The van der Waals surface area contributed by atoms with Crippen molar-refractivity contribution in [3.8, 4) is 0 Å². The van der Waals surface area contributed by atoms with E-state index in [1.54, 1.807) is 6.20 Å². The van der Waals surface area contributed by atoms with Crippen LogP contribution < -0.4 is 11.1 Å². The quantitative estimate of drug-likeness (QED) is 0.880. The van der Waals surface area contributed by atoms with E-state index >= 15 is 0 Å². The van der Waals surface area contributed by atoms with Gasteiger partial charge in [0.05, 0.1) is 6.04 Å². The molecule has 2 rings (SSSR count). The van der Waals surface area contributed by atoms with Gasteiger partial charge in [0.2, 0.25) is 5.91 Å². The molecule has 100 valence electrons. The van der Waals surface area contributed by atoms with Crippen molar-refractivity contribution in [1.29, 1.82) is 0 Å². The molecule has 0 aliphatic carbocycles. The topological polar surface area (TPSA) is 68.0 Å². The average molecular weight is 275 g/mol. The maximum Gasteiger partial charge on any atom is 0.243 e. The van der Waals surface area contributed by atoms with E-state index in [0.29, 0.717) is 11.6 Å².